The highest BCUT2D eigenvalue weighted by Crippen LogP contribution is 2.24. The van der Waals surface area contributed by atoms with Gasteiger partial charge in [-0.05, 0) is 35.7 Å². The Kier molecular flexibility index (Phi) is 7.68. The quantitative estimate of drug-likeness (QED) is 0.565. The van der Waals surface area contributed by atoms with Gasteiger partial charge in [0.15, 0.2) is 5.96 Å². The van der Waals surface area contributed by atoms with E-state index in [-0.39, 0.29) is 18.6 Å². The summed E-state index contributed by atoms with van der Waals surface area (Å²) in [5.41, 5.74) is 3.42. The van der Waals surface area contributed by atoms with Crippen molar-refractivity contribution in [3.8, 4) is 5.75 Å². The molecule has 1 unspecified atom stereocenters. The number of guanidine groups is 1. The highest BCUT2D eigenvalue weighted by molar-refractivity contribution is 5.86. The van der Waals surface area contributed by atoms with Gasteiger partial charge in [0.1, 0.15) is 11.9 Å². The first-order chi connectivity index (χ1) is 14.6. The summed E-state index contributed by atoms with van der Waals surface area (Å²) in [6.45, 7) is 4.76. The van der Waals surface area contributed by atoms with Gasteiger partial charge in [-0.15, -0.1) is 0 Å². The standard InChI is InChI=1S/C23H30N4O3/c1-17-6-4-5-7-20(17)21-16-27(12-13-30-21)23(24-2)26-15-22(28)25-14-18-8-10-19(29-3)11-9-18/h4-11,21H,12-16H2,1-3H3,(H,24,26)(H,25,28). The number of rotatable bonds is 6. The smallest absolute Gasteiger partial charge is 0.239 e. The molecule has 1 fully saturated rings. The van der Waals surface area contributed by atoms with Crippen molar-refractivity contribution in [3.05, 3.63) is 65.2 Å². The minimum atomic E-state index is -0.0873. The normalized spacial score (nSPS) is 16.8. The zero-order chi connectivity index (χ0) is 21.3. The molecular formula is C23H30N4O3. The van der Waals surface area contributed by atoms with Crippen LogP contribution in [-0.4, -0.2) is 57.2 Å². The summed E-state index contributed by atoms with van der Waals surface area (Å²) >= 11 is 0. The number of hydrogen-bond donors (Lipinski definition) is 2. The van der Waals surface area contributed by atoms with Gasteiger partial charge >= 0.3 is 0 Å². The molecule has 0 aliphatic carbocycles. The molecule has 3 rings (SSSR count). The molecule has 0 aromatic heterocycles. The fourth-order valence-electron chi connectivity index (χ4n) is 3.48. The van der Waals surface area contributed by atoms with Crippen molar-refractivity contribution in [2.45, 2.75) is 19.6 Å². The number of carbonyl (C=O) groups is 1. The molecule has 30 heavy (non-hydrogen) atoms. The summed E-state index contributed by atoms with van der Waals surface area (Å²) in [7, 11) is 3.36. The summed E-state index contributed by atoms with van der Waals surface area (Å²) < 4.78 is 11.1. The molecule has 0 saturated carbocycles. The second-order valence-corrected chi connectivity index (χ2v) is 7.19. The molecule has 2 aromatic carbocycles. The van der Waals surface area contributed by atoms with Gasteiger partial charge < -0.3 is 25.0 Å². The molecule has 0 radical (unpaired) electrons. The number of carbonyl (C=O) groups excluding carboxylic acids is 1. The van der Waals surface area contributed by atoms with Crippen LogP contribution in [0.1, 0.15) is 22.8 Å². The Bertz CT molecular complexity index is 867. The predicted molar refractivity (Wildman–Crippen MR) is 118 cm³/mol. The van der Waals surface area contributed by atoms with Gasteiger partial charge in [-0.3, -0.25) is 9.79 Å². The zero-order valence-electron chi connectivity index (χ0n) is 17.9. The number of nitrogens with one attached hydrogen (secondary N) is 2. The molecule has 7 heteroatoms. The van der Waals surface area contributed by atoms with Crippen molar-refractivity contribution < 1.29 is 14.3 Å². The first-order valence-corrected chi connectivity index (χ1v) is 10.1. The maximum atomic E-state index is 12.3. The molecule has 1 amide bonds. The van der Waals surface area contributed by atoms with Crippen LogP contribution in [0.3, 0.4) is 0 Å². The largest absolute Gasteiger partial charge is 0.497 e. The Morgan fingerprint density at radius 3 is 2.67 bits per heavy atom. The van der Waals surface area contributed by atoms with Gasteiger partial charge in [0.25, 0.3) is 0 Å². The summed E-state index contributed by atoms with van der Waals surface area (Å²) in [5, 5.41) is 6.09. The lowest BCUT2D eigenvalue weighted by atomic mass is 10.0. The number of hydrogen-bond acceptors (Lipinski definition) is 4. The van der Waals surface area contributed by atoms with Crippen LogP contribution in [-0.2, 0) is 16.1 Å². The number of aliphatic imine (C=N–C) groups is 1. The van der Waals surface area contributed by atoms with Crippen molar-refractivity contribution in [2.24, 2.45) is 4.99 Å². The lowest BCUT2D eigenvalue weighted by Crippen LogP contribution is -2.50. The predicted octanol–water partition coefficient (Wildman–Crippen LogP) is 2.27. The molecule has 2 aromatic rings. The molecule has 1 aliphatic heterocycles. The third kappa shape index (κ3) is 5.73. The minimum Gasteiger partial charge on any atom is -0.497 e. The lowest BCUT2D eigenvalue weighted by molar-refractivity contribution is -0.120. The van der Waals surface area contributed by atoms with E-state index in [0.717, 1.165) is 17.9 Å². The van der Waals surface area contributed by atoms with E-state index in [4.69, 9.17) is 9.47 Å². The van der Waals surface area contributed by atoms with E-state index in [1.54, 1.807) is 14.2 Å². The van der Waals surface area contributed by atoms with Crippen LogP contribution in [0.4, 0.5) is 0 Å². The van der Waals surface area contributed by atoms with Crippen molar-refractivity contribution in [1.29, 1.82) is 0 Å². The van der Waals surface area contributed by atoms with E-state index in [1.807, 2.05) is 36.4 Å². The van der Waals surface area contributed by atoms with Crippen LogP contribution in [0.25, 0.3) is 0 Å². The Balaban J connectivity index is 1.49. The molecule has 1 atom stereocenters. The number of nitrogens with zero attached hydrogens (tertiary/aromatic N) is 2. The van der Waals surface area contributed by atoms with Crippen molar-refractivity contribution in [2.75, 3.05) is 40.4 Å². The van der Waals surface area contributed by atoms with Gasteiger partial charge in [0, 0.05) is 20.1 Å². The molecule has 2 N–H and O–H groups in total. The highest BCUT2D eigenvalue weighted by atomic mass is 16.5. The monoisotopic (exact) mass is 410 g/mol. The maximum Gasteiger partial charge on any atom is 0.239 e. The first-order valence-electron chi connectivity index (χ1n) is 10.1. The van der Waals surface area contributed by atoms with Crippen molar-refractivity contribution in [1.82, 2.24) is 15.5 Å². The second-order valence-electron chi connectivity index (χ2n) is 7.19. The van der Waals surface area contributed by atoms with Crippen molar-refractivity contribution in [3.63, 3.8) is 0 Å². The molecule has 0 spiro atoms. The highest BCUT2D eigenvalue weighted by Gasteiger charge is 2.25. The average molecular weight is 411 g/mol. The molecule has 0 bridgehead atoms. The molecule has 1 aliphatic rings. The van der Waals surface area contributed by atoms with E-state index >= 15 is 0 Å². The number of methoxy groups -OCH3 is 1. The number of ether oxygens (including phenoxy) is 2. The summed E-state index contributed by atoms with van der Waals surface area (Å²) in [4.78, 5) is 18.8. The summed E-state index contributed by atoms with van der Waals surface area (Å²) in [6.07, 6.45) is -0.0117. The van der Waals surface area contributed by atoms with Crippen LogP contribution in [0, 0.1) is 6.92 Å². The zero-order valence-corrected chi connectivity index (χ0v) is 17.9. The van der Waals surface area contributed by atoms with Crippen LogP contribution in [0.15, 0.2) is 53.5 Å². The summed E-state index contributed by atoms with van der Waals surface area (Å²) in [6, 6.07) is 15.9. The summed E-state index contributed by atoms with van der Waals surface area (Å²) in [5.74, 6) is 1.41. The Hall–Kier alpha value is -3.06. The van der Waals surface area contributed by atoms with Crippen LogP contribution >= 0.6 is 0 Å². The van der Waals surface area contributed by atoms with E-state index in [2.05, 4.69) is 39.6 Å². The second kappa shape index (κ2) is 10.6. The van der Waals surface area contributed by atoms with Gasteiger partial charge in [0.2, 0.25) is 5.91 Å². The third-order valence-electron chi connectivity index (χ3n) is 5.17. The van der Waals surface area contributed by atoms with Crippen LogP contribution in [0.5, 0.6) is 5.75 Å². The molecule has 1 heterocycles. The molecular weight excluding hydrogens is 380 g/mol. The van der Waals surface area contributed by atoms with E-state index in [0.29, 0.717) is 25.7 Å². The molecule has 1 saturated heterocycles. The van der Waals surface area contributed by atoms with Gasteiger partial charge in [-0.25, -0.2) is 0 Å². The Morgan fingerprint density at radius 2 is 1.97 bits per heavy atom. The Labute approximate surface area is 178 Å². The number of benzene rings is 2. The fraction of sp³-hybridized carbons (Fsp3) is 0.391. The minimum absolute atomic E-state index is 0.0117. The SMILES string of the molecule is CN=C(NCC(=O)NCc1ccc(OC)cc1)N1CCOC(c2ccccc2C)C1. The van der Waals surface area contributed by atoms with Gasteiger partial charge in [-0.2, -0.15) is 0 Å². The average Bonchev–Trinajstić information content (AvgIpc) is 2.79. The third-order valence-corrected chi connectivity index (χ3v) is 5.17. The Morgan fingerprint density at radius 1 is 1.20 bits per heavy atom. The van der Waals surface area contributed by atoms with Crippen LogP contribution in [0.2, 0.25) is 0 Å². The lowest BCUT2D eigenvalue weighted by Gasteiger charge is -2.35. The van der Waals surface area contributed by atoms with E-state index in [1.165, 1.54) is 11.1 Å². The number of morpholine rings is 1. The van der Waals surface area contributed by atoms with Crippen LogP contribution < -0.4 is 15.4 Å². The molecule has 160 valence electrons. The van der Waals surface area contributed by atoms with Gasteiger partial charge in [-0.1, -0.05) is 36.4 Å². The first kappa shape index (κ1) is 21.6. The fourth-order valence-corrected chi connectivity index (χ4v) is 3.48. The topological polar surface area (TPSA) is 75.2 Å². The number of amides is 1. The van der Waals surface area contributed by atoms with Gasteiger partial charge in [0.05, 0.1) is 26.8 Å². The van der Waals surface area contributed by atoms with Crippen molar-refractivity contribution >= 4 is 11.9 Å². The maximum absolute atomic E-state index is 12.3. The van der Waals surface area contributed by atoms with E-state index in [9.17, 15) is 4.79 Å². The van der Waals surface area contributed by atoms with E-state index < -0.39 is 0 Å². The number of aryl methyl sites for hydroxylation is 1. The molecule has 7 nitrogen and oxygen atoms in total.